The highest BCUT2D eigenvalue weighted by Gasteiger charge is 2.29. The van der Waals surface area contributed by atoms with E-state index in [-0.39, 0.29) is 18.0 Å². The lowest BCUT2D eigenvalue weighted by atomic mass is 10.0. The van der Waals surface area contributed by atoms with E-state index >= 15 is 0 Å². The van der Waals surface area contributed by atoms with Crippen LogP contribution in [-0.4, -0.2) is 51.5 Å². The van der Waals surface area contributed by atoms with Crippen molar-refractivity contribution in [2.24, 2.45) is 0 Å². The van der Waals surface area contributed by atoms with Gasteiger partial charge in [-0.1, -0.05) is 6.07 Å². The maximum absolute atomic E-state index is 12.5. The molecule has 1 aliphatic rings. The smallest absolute Gasteiger partial charge is 0.250 e. The molecule has 152 valence electrons. The van der Waals surface area contributed by atoms with E-state index in [0.29, 0.717) is 30.1 Å². The van der Waals surface area contributed by atoms with Crippen molar-refractivity contribution < 1.29 is 17.9 Å². The fourth-order valence-electron chi connectivity index (χ4n) is 3.19. The summed E-state index contributed by atoms with van der Waals surface area (Å²) >= 11 is 1.21. The lowest BCUT2D eigenvalue weighted by Crippen LogP contribution is -2.50. The van der Waals surface area contributed by atoms with Crippen LogP contribution < -0.4 is 14.8 Å². The minimum absolute atomic E-state index is 0.0808. The summed E-state index contributed by atoms with van der Waals surface area (Å²) in [6.45, 7) is 3.19. The van der Waals surface area contributed by atoms with Crippen LogP contribution in [0.25, 0.3) is 0 Å². The number of sulfonamides is 1. The third kappa shape index (κ3) is 5.11. The van der Waals surface area contributed by atoms with Crippen LogP contribution in [0.4, 0.5) is 5.69 Å². The Morgan fingerprint density at radius 3 is 2.46 bits per heavy atom. The Bertz CT molecular complexity index is 874. The number of hydrogen-bond acceptors (Lipinski definition) is 6. The maximum Gasteiger partial charge on any atom is 0.250 e. The SMILES string of the molecule is COc1ccc(NC(=O)[C@@H](C)N2CCC(NS(=O)(=O)c3cccs3)CC2)cc1. The zero-order valence-corrected chi connectivity index (χ0v) is 17.6. The summed E-state index contributed by atoms with van der Waals surface area (Å²) < 4.78 is 32.9. The Morgan fingerprint density at radius 2 is 1.89 bits per heavy atom. The number of rotatable bonds is 7. The first-order valence-corrected chi connectivity index (χ1v) is 11.5. The Hall–Kier alpha value is -1.94. The van der Waals surface area contributed by atoms with Crippen LogP contribution in [0.15, 0.2) is 46.0 Å². The topological polar surface area (TPSA) is 87.7 Å². The van der Waals surface area contributed by atoms with Crippen molar-refractivity contribution in [2.45, 2.75) is 36.1 Å². The van der Waals surface area contributed by atoms with Gasteiger partial charge in [0, 0.05) is 24.8 Å². The molecule has 1 aromatic heterocycles. The van der Waals surface area contributed by atoms with Gasteiger partial charge in [0.25, 0.3) is 0 Å². The molecule has 3 rings (SSSR count). The van der Waals surface area contributed by atoms with Crippen molar-refractivity contribution in [2.75, 3.05) is 25.5 Å². The molecule has 0 spiro atoms. The monoisotopic (exact) mass is 423 g/mol. The van der Waals surface area contributed by atoms with E-state index in [9.17, 15) is 13.2 Å². The second-order valence-corrected chi connectivity index (χ2v) is 9.65. The van der Waals surface area contributed by atoms with Gasteiger partial charge in [-0.05, 0) is 55.5 Å². The molecule has 1 fully saturated rings. The largest absolute Gasteiger partial charge is 0.497 e. The summed E-state index contributed by atoms with van der Waals surface area (Å²) in [6.07, 6.45) is 1.34. The molecule has 1 atom stereocenters. The molecule has 2 aromatic rings. The molecule has 0 bridgehead atoms. The van der Waals surface area contributed by atoms with E-state index in [1.54, 1.807) is 48.9 Å². The normalized spacial score (nSPS) is 17.2. The summed E-state index contributed by atoms with van der Waals surface area (Å²) in [6, 6.07) is 10.1. The average molecular weight is 424 g/mol. The molecule has 7 nitrogen and oxygen atoms in total. The summed E-state index contributed by atoms with van der Waals surface area (Å²) in [5.41, 5.74) is 0.719. The Morgan fingerprint density at radius 1 is 1.21 bits per heavy atom. The fourth-order valence-corrected chi connectivity index (χ4v) is 5.50. The number of amides is 1. The third-order valence-corrected chi connectivity index (χ3v) is 7.81. The summed E-state index contributed by atoms with van der Waals surface area (Å²) in [4.78, 5) is 14.6. The number of piperidine rings is 1. The van der Waals surface area contributed by atoms with Crippen molar-refractivity contribution in [3.63, 3.8) is 0 Å². The molecule has 0 unspecified atom stereocenters. The molecule has 1 aromatic carbocycles. The number of nitrogens with one attached hydrogen (secondary N) is 2. The first-order valence-electron chi connectivity index (χ1n) is 9.14. The maximum atomic E-state index is 12.5. The minimum Gasteiger partial charge on any atom is -0.497 e. The molecule has 0 aliphatic carbocycles. The summed E-state index contributed by atoms with van der Waals surface area (Å²) in [7, 11) is -1.86. The van der Waals surface area contributed by atoms with Crippen LogP contribution >= 0.6 is 11.3 Å². The molecule has 1 aliphatic heterocycles. The fraction of sp³-hybridized carbons (Fsp3) is 0.421. The van der Waals surface area contributed by atoms with Crippen LogP contribution in [-0.2, 0) is 14.8 Å². The van der Waals surface area contributed by atoms with Gasteiger partial charge in [-0.25, -0.2) is 13.1 Å². The molecule has 2 N–H and O–H groups in total. The zero-order chi connectivity index (χ0) is 20.1. The zero-order valence-electron chi connectivity index (χ0n) is 15.9. The second kappa shape index (κ2) is 9.04. The third-order valence-electron chi connectivity index (χ3n) is 4.90. The molecular formula is C19H25N3O4S2. The highest BCUT2D eigenvalue weighted by molar-refractivity contribution is 7.91. The van der Waals surface area contributed by atoms with Gasteiger partial charge in [-0.3, -0.25) is 9.69 Å². The van der Waals surface area contributed by atoms with Gasteiger partial charge in [-0.15, -0.1) is 11.3 Å². The van der Waals surface area contributed by atoms with Crippen molar-refractivity contribution in [1.29, 1.82) is 0 Å². The Balaban J connectivity index is 1.50. The van der Waals surface area contributed by atoms with Crippen molar-refractivity contribution in [3.8, 4) is 5.75 Å². The first-order chi connectivity index (χ1) is 13.4. The number of thiophene rings is 1. The van der Waals surface area contributed by atoms with E-state index < -0.39 is 10.0 Å². The van der Waals surface area contributed by atoms with E-state index in [2.05, 4.69) is 14.9 Å². The number of methoxy groups -OCH3 is 1. The molecule has 9 heteroatoms. The molecule has 1 saturated heterocycles. The molecule has 0 radical (unpaired) electrons. The van der Waals surface area contributed by atoms with Crippen molar-refractivity contribution >= 4 is 33.0 Å². The predicted molar refractivity (Wildman–Crippen MR) is 110 cm³/mol. The van der Waals surface area contributed by atoms with Gasteiger partial charge in [-0.2, -0.15) is 0 Å². The van der Waals surface area contributed by atoms with Gasteiger partial charge >= 0.3 is 0 Å². The van der Waals surface area contributed by atoms with Crippen LogP contribution in [0.5, 0.6) is 5.75 Å². The van der Waals surface area contributed by atoms with E-state index in [1.165, 1.54) is 11.3 Å². The summed E-state index contributed by atoms with van der Waals surface area (Å²) in [5, 5.41) is 4.66. The Kier molecular flexibility index (Phi) is 6.71. The first kappa shape index (κ1) is 20.8. The number of hydrogen-bond donors (Lipinski definition) is 2. The average Bonchev–Trinajstić information content (AvgIpc) is 3.24. The summed E-state index contributed by atoms with van der Waals surface area (Å²) in [5.74, 6) is 0.654. The minimum atomic E-state index is -3.46. The van der Waals surface area contributed by atoms with Crippen LogP contribution in [0.1, 0.15) is 19.8 Å². The predicted octanol–water partition coefficient (Wildman–Crippen LogP) is 2.53. The lowest BCUT2D eigenvalue weighted by molar-refractivity contribution is -0.121. The number of nitrogens with zero attached hydrogens (tertiary/aromatic N) is 1. The number of likely N-dealkylation sites (tertiary alicyclic amines) is 1. The van der Waals surface area contributed by atoms with E-state index in [0.717, 1.165) is 11.4 Å². The van der Waals surface area contributed by atoms with Crippen LogP contribution in [0.2, 0.25) is 0 Å². The van der Waals surface area contributed by atoms with Gasteiger partial charge in [0.2, 0.25) is 15.9 Å². The van der Waals surface area contributed by atoms with Crippen LogP contribution in [0.3, 0.4) is 0 Å². The van der Waals surface area contributed by atoms with Crippen molar-refractivity contribution in [3.05, 3.63) is 41.8 Å². The Labute approximate surface area is 169 Å². The van der Waals surface area contributed by atoms with Gasteiger partial charge < -0.3 is 10.1 Å². The second-order valence-electron chi connectivity index (χ2n) is 6.76. The van der Waals surface area contributed by atoms with Gasteiger partial charge in [0.1, 0.15) is 9.96 Å². The molecule has 1 amide bonds. The highest BCUT2D eigenvalue weighted by Crippen LogP contribution is 2.20. The molecule has 28 heavy (non-hydrogen) atoms. The molecule has 2 heterocycles. The van der Waals surface area contributed by atoms with Crippen molar-refractivity contribution in [1.82, 2.24) is 9.62 Å². The number of ether oxygens (including phenoxy) is 1. The highest BCUT2D eigenvalue weighted by atomic mass is 32.2. The van der Waals surface area contributed by atoms with Crippen LogP contribution in [0, 0.1) is 0 Å². The standard InChI is InChI=1S/C19H25N3O4S2/c1-14(19(23)20-15-5-7-17(26-2)8-6-15)22-11-9-16(10-12-22)21-28(24,25)18-4-3-13-27-18/h3-8,13-14,16,21H,9-12H2,1-2H3,(H,20,23)/t14-/m1/s1. The number of carbonyl (C=O) groups is 1. The van der Waals surface area contributed by atoms with Gasteiger partial charge in [0.05, 0.1) is 13.2 Å². The van der Waals surface area contributed by atoms with E-state index in [1.807, 2.05) is 6.92 Å². The number of benzene rings is 1. The van der Waals surface area contributed by atoms with E-state index in [4.69, 9.17) is 4.74 Å². The molecule has 0 saturated carbocycles. The molecular weight excluding hydrogens is 398 g/mol. The van der Waals surface area contributed by atoms with Gasteiger partial charge in [0.15, 0.2) is 0 Å². The lowest BCUT2D eigenvalue weighted by Gasteiger charge is -2.35. The number of anilines is 1. The quantitative estimate of drug-likeness (QED) is 0.715. The number of carbonyl (C=O) groups excluding carboxylic acids is 1.